The molecule has 1 aromatic carbocycles. The molecule has 1 N–H and O–H groups in total. The first-order chi connectivity index (χ1) is 8.22. The largest absolute Gasteiger partial charge is 0.396 e. The van der Waals surface area contributed by atoms with E-state index < -0.39 is 0 Å². The molecule has 1 aliphatic rings. The molecule has 2 heteroatoms. The third-order valence-electron chi connectivity index (χ3n) is 3.80. The number of aliphatic hydroxyl groups excluding tert-OH is 1. The standard InChI is InChI=1S/C15H23NO/c1-15(13-17)9-5-10-16(12-15)11-8-14-6-3-2-4-7-14/h2-4,6-7,17H,5,8-13H2,1H3. The van der Waals surface area contributed by atoms with E-state index in [9.17, 15) is 5.11 Å². The molecule has 94 valence electrons. The van der Waals surface area contributed by atoms with Crippen LogP contribution in [0, 0.1) is 5.41 Å². The van der Waals surface area contributed by atoms with E-state index in [1.165, 1.54) is 18.5 Å². The van der Waals surface area contributed by atoms with Crippen molar-refractivity contribution in [2.75, 3.05) is 26.2 Å². The lowest BCUT2D eigenvalue weighted by Crippen LogP contribution is -2.44. The average Bonchev–Trinajstić information content (AvgIpc) is 2.38. The summed E-state index contributed by atoms with van der Waals surface area (Å²) in [6, 6.07) is 10.6. The van der Waals surface area contributed by atoms with Crippen LogP contribution in [-0.4, -0.2) is 36.2 Å². The van der Waals surface area contributed by atoms with Gasteiger partial charge < -0.3 is 10.0 Å². The lowest BCUT2D eigenvalue weighted by Gasteiger charge is -2.39. The first kappa shape index (κ1) is 12.6. The third kappa shape index (κ3) is 3.55. The van der Waals surface area contributed by atoms with Crippen molar-refractivity contribution in [1.82, 2.24) is 4.90 Å². The van der Waals surface area contributed by atoms with Gasteiger partial charge in [0.15, 0.2) is 0 Å². The fraction of sp³-hybridized carbons (Fsp3) is 0.600. The number of aliphatic hydroxyl groups is 1. The van der Waals surface area contributed by atoms with Crippen molar-refractivity contribution in [3.05, 3.63) is 35.9 Å². The molecule has 0 bridgehead atoms. The fourth-order valence-corrected chi connectivity index (χ4v) is 2.68. The van der Waals surface area contributed by atoms with E-state index in [2.05, 4.69) is 42.2 Å². The lowest BCUT2D eigenvalue weighted by atomic mass is 9.83. The van der Waals surface area contributed by atoms with Gasteiger partial charge in [-0.25, -0.2) is 0 Å². The highest BCUT2D eigenvalue weighted by atomic mass is 16.3. The number of rotatable bonds is 4. The maximum Gasteiger partial charge on any atom is 0.0497 e. The highest BCUT2D eigenvalue weighted by Crippen LogP contribution is 2.28. The Bertz CT molecular complexity index is 338. The molecule has 0 saturated carbocycles. The molecule has 1 atom stereocenters. The van der Waals surface area contributed by atoms with Gasteiger partial charge in [0.1, 0.15) is 0 Å². The SMILES string of the molecule is CC1(CO)CCCN(CCc2ccccc2)C1. The first-order valence-electron chi connectivity index (χ1n) is 6.59. The Balaban J connectivity index is 1.83. The second kappa shape index (κ2) is 5.65. The predicted octanol–water partition coefficient (Wildman–Crippen LogP) is 2.32. The maximum absolute atomic E-state index is 9.43. The van der Waals surface area contributed by atoms with Crippen molar-refractivity contribution in [2.24, 2.45) is 5.41 Å². The Hall–Kier alpha value is -0.860. The van der Waals surface area contributed by atoms with E-state index in [4.69, 9.17) is 0 Å². The van der Waals surface area contributed by atoms with Crippen LogP contribution in [-0.2, 0) is 6.42 Å². The molecule has 2 rings (SSSR count). The second-order valence-corrected chi connectivity index (χ2v) is 5.58. The molecule has 0 amide bonds. The van der Waals surface area contributed by atoms with Crippen molar-refractivity contribution in [3.8, 4) is 0 Å². The van der Waals surface area contributed by atoms with Crippen LogP contribution in [0.3, 0.4) is 0 Å². The van der Waals surface area contributed by atoms with Crippen LogP contribution in [0.4, 0.5) is 0 Å². The van der Waals surface area contributed by atoms with Gasteiger partial charge in [0.25, 0.3) is 0 Å². The van der Waals surface area contributed by atoms with Crippen LogP contribution in [0.25, 0.3) is 0 Å². The smallest absolute Gasteiger partial charge is 0.0497 e. The molecule has 2 nitrogen and oxygen atoms in total. The van der Waals surface area contributed by atoms with Crippen molar-refractivity contribution in [3.63, 3.8) is 0 Å². The van der Waals surface area contributed by atoms with Gasteiger partial charge in [-0.05, 0) is 31.4 Å². The Morgan fingerprint density at radius 2 is 2.06 bits per heavy atom. The van der Waals surface area contributed by atoms with Crippen molar-refractivity contribution < 1.29 is 5.11 Å². The van der Waals surface area contributed by atoms with Gasteiger partial charge in [-0.1, -0.05) is 37.3 Å². The summed E-state index contributed by atoms with van der Waals surface area (Å²) in [5, 5.41) is 9.43. The molecule has 1 saturated heterocycles. The van der Waals surface area contributed by atoms with Crippen LogP contribution in [0.15, 0.2) is 30.3 Å². The van der Waals surface area contributed by atoms with Crippen molar-refractivity contribution in [1.29, 1.82) is 0 Å². The monoisotopic (exact) mass is 233 g/mol. The molecule has 1 heterocycles. The molecule has 1 unspecified atom stereocenters. The minimum Gasteiger partial charge on any atom is -0.396 e. The number of benzene rings is 1. The molecule has 1 fully saturated rings. The summed E-state index contributed by atoms with van der Waals surface area (Å²) >= 11 is 0. The molecular formula is C15H23NO. The number of nitrogens with zero attached hydrogens (tertiary/aromatic N) is 1. The van der Waals surface area contributed by atoms with Gasteiger partial charge in [-0.3, -0.25) is 0 Å². The van der Waals surface area contributed by atoms with E-state index in [1.54, 1.807) is 0 Å². The number of hydrogen-bond acceptors (Lipinski definition) is 2. The van der Waals surface area contributed by atoms with Crippen LogP contribution in [0.1, 0.15) is 25.3 Å². The van der Waals surface area contributed by atoms with Crippen LogP contribution >= 0.6 is 0 Å². The van der Waals surface area contributed by atoms with Gasteiger partial charge in [0.2, 0.25) is 0 Å². The molecule has 1 aliphatic heterocycles. The Morgan fingerprint density at radius 1 is 1.29 bits per heavy atom. The van der Waals surface area contributed by atoms with Crippen molar-refractivity contribution in [2.45, 2.75) is 26.2 Å². The molecule has 0 aromatic heterocycles. The normalized spacial score (nSPS) is 26.0. The van der Waals surface area contributed by atoms with Gasteiger partial charge in [0, 0.05) is 25.1 Å². The minimum absolute atomic E-state index is 0.120. The zero-order chi connectivity index (χ0) is 12.1. The summed E-state index contributed by atoms with van der Waals surface area (Å²) in [6.45, 7) is 5.84. The van der Waals surface area contributed by atoms with Gasteiger partial charge in [-0.15, -0.1) is 0 Å². The van der Waals surface area contributed by atoms with E-state index in [-0.39, 0.29) is 5.41 Å². The predicted molar refractivity (Wildman–Crippen MR) is 71.0 cm³/mol. The molecular weight excluding hydrogens is 210 g/mol. The summed E-state index contributed by atoms with van der Waals surface area (Å²) in [4.78, 5) is 2.49. The average molecular weight is 233 g/mol. The highest BCUT2D eigenvalue weighted by Gasteiger charge is 2.29. The third-order valence-corrected chi connectivity index (χ3v) is 3.80. The summed E-state index contributed by atoms with van der Waals surface area (Å²) < 4.78 is 0. The highest BCUT2D eigenvalue weighted by molar-refractivity contribution is 5.14. The quantitative estimate of drug-likeness (QED) is 0.862. The van der Waals surface area contributed by atoms with Crippen LogP contribution in [0.5, 0.6) is 0 Å². The Morgan fingerprint density at radius 3 is 2.76 bits per heavy atom. The van der Waals surface area contributed by atoms with Crippen molar-refractivity contribution >= 4 is 0 Å². The lowest BCUT2D eigenvalue weighted by molar-refractivity contribution is 0.0472. The number of hydrogen-bond donors (Lipinski definition) is 1. The Labute approximate surface area is 104 Å². The molecule has 0 aliphatic carbocycles. The van der Waals surface area contributed by atoms with Crippen LogP contribution < -0.4 is 0 Å². The zero-order valence-electron chi connectivity index (χ0n) is 10.7. The molecule has 1 aromatic rings. The number of likely N-dealkylation sites (tertiary alicyclic amines) is 1. The van der Waals surface area contributed by atoms with Crippen LogP contribution in [0.2, 0.25) is 0 Å². The summed E-state index contributed by atoms with van der Waals surface area (Å²) in [5.41, 5.74) is 1.53. The number of piperidine rings is 1. The van der Waals surface area contributed by atoms with E-state index in [0.717, 1.165) is 25.9 Å². The molecule has 0 radical (unpaired) electrons. The van der Waals surface area contributed by atoms with Gasteiger partial charge in [-0.2, -0.15) is 0 Å². The zero-order valence-corrected chi connectivity index (χ0v) is 10.7. The van der Waals surface area contributed by atoms with E-state index in [0.29, 0.717) is 6.61 Å². The van der Waals surface area contributed by atoms with Gasteiger partial charge in [0.05, 0.1) is 0 Å². The summed E-state index contributed by atoms with van der Waals surface area (Å²) in [6.07, 6.45) is 3.49. The maximum atomic E-state index is 9.43. The Kier molecular flexibility index (Phi) is 4.19. The van der Waals surface area contributed by atoms with E-state index in [1.807, 2.05) is 0 Å². The summed E-state index contributed by atoms with van der Waals surface area (Å²) in [7, 11) is 0. The second-order valence-electron chi connectivity index (χ2n) is 5.58. The minimum atomic E-state index is 0.120. The van der Waals surface area contributed by atoms with Gasteiger partial charge >= 0.3 is 0 Å². The fourth-order valence-electron chi connectivity index (χ4n) is 2.68. The first-order valence-corrected chi connectivity index (χ1v) is 6.59. The molecule has 0 spiro atoms. The van der Waals surface area contributed by atoms with E-state index >= 15 is 0 Å². The topological polar surface area (TPSA) is 23.5 Å². The molecule has 17 heavy (non-hydrogen) atoms. The summed E-state index contributed by atoms with van der Waals surface area (Å²) in [5.74, 6) is 0.